The van der Waals surface area contributed by atoms with Crippen LogP contribution in [0.5, 0.6) is 0 Å². The van der Waals surface area contributed by atoms with E-state index >= 15 is 0 Å². The molecule has 0 bridgehead atoms. The molecule has 0 spiro atoms. The van der Waals surface area contributed by atoms with Gasteiger partial charge in [-0.2, -0.15) is 0 Å². The molecule has 0 aliphatic carbocycles. The number of carbonyl (C=O) groups excluding carboxylic acids is 1. The van der Waals surface area contributed by atoms with E-state index in [1.54, 1.807) is 6.08 Å². The zero-order chi connectivity index (χ0) is 58.1. The lowest BCUT2D eigenvalue weighted by molar-refractivity contribution is -0.359. The first kappa shape index (κ1) is 74.3. The molecule has 80 heavy (non-hydrogen) atoms. The van der Waals surface area contributed by atoms with Crippen molar-refractivity contribution in [1.29, 1.82) is 0 Å². The van der Waals surface area contributed by atoms with Crippen LogP contribution < -0.4 is 5.32 Å². The molecule has 470 valence electrons. The molecule has 0 aromatic carbocycles. The summed E-state index contributed by atoms with van der Waals surface area (Å²) in [6, 6.07) is -0.936. The maximum atomic E-state index is 13.3. The summed E-state index contributed by atoms with van der Waals surface area (Å²) in [5, 5.41) is 87.2. The van der Waals surface area contributed by atoms with Crippen LogP contribution in [-0.4, -0.2) is 140 Å². The molecule has 9 N–H and O–H groups in total. The fourth-order valence-corrected chi connectivity index (χ4v) is 11.0. The van der Waals surface area contributed by atoms with Gasteiger partial charge in [-0.1, -0.05) is 269 Å². The molecule has 14 nitrogen and oxygen atoms in total. The summed E-state index contributed by atoms with van der Waals surface area (Å²) in [5.41, 5.74) is 0. The van der Waals surface area contributed by atoms with Crippen LogP contribution in [0.25, 0.3) is 0 Å². The number of nitrogens with one attached hydrogen (secondary N) is 1. The number of aliphatic hydroxyl groups excluding tert-OH is 8. The standard InChI is InChI=1S/C66H123NO13/c1-3-5-7-9-11-13-15-17-19-21-22-23-24-25-26-27-28-29-30-31-32-33-34-36-38-40-42-44-46-48-50-58(71)67-54(55(70)49-47-45-43-41-39-37-35-20-18-16-14-12-10-8-6-4-2)53-77-65-63(76)61(74)64(57(52-69)79-65)80-66-62(75)60(73)59(72)56(51-68)78-66/h18,20,39,41,47,49,54-57,59-66,68-70,72-76H,3-17,19,21-38,40,42-46,48,50-53H2,1-2H3,(H,67,71)/b20-18+,41-39+,49-47+. The normalized spacial score (nSPS) is 24.4. The number of unbranched alkanes of at least 4 members (excludes halogenated alkanes) is 37. The molecular formula is C66H123NO13. The highest BCUT2D eigenvalue weighted by atomic mass is 16.7. The smallest absolute Gasteiger partial charge is 0.220 e. The summed E-state index contributed by atoms with van der Waals surface area (Å²) in [4.78, 5) is 13.3. The van der Waals surface area contributed by atoms with Crippen LogP contribution in [0.3, 0.4) is 0 Å². The van der Waals surface area contributed by atoms with Gasteiger partial charge in [0, 0.05) is 6.42 Å². The molecule has 2 saturated heterocycles. The summed E-state index contributed by atoms with van der Waals surface area (Å²) < 4.78 is 22.8. The average Bonchev–Trinajstić information content (AvgIpc) is 3.49. The van der Waals surface area contributed by atoms with Crippen LogP contribution >= 0.6 is 0 Å². The quantitative estimate of drug-likeness (QED) is 0.0204. The third kappa shape index (κ3) is 36.1. The number of allylic oxidation sites excluding steroid dienone is 5. The first-order chi connectivity index (χ1) is 39.1. The Labute approximate surface area is 487 Å². The van der Waals surface area contributed by atoms with Crippen molar-refractivity contribution in [3.63, 3.8) is 0 Å². The van der Waals surface area contributed by atoms with Gasteiger partial charge in [0.05, 0.1) is 32.0 Å². The minimum Gasteiger partial charge on any atom is -0.394 e. The zero-order valence-electron chi connectivity index (χ0n) is 50.8. The third-order valence-electron chi connectivity index (χ3n) is 16.3. The second-order valence-electron chi connectivity index (χ2n) is 23.6. The molecule has 12 atom stereocenters. The lowest BCUT2D eigenvalue weighted by Crippen LogP contribution is -2.65. The largest absolute Gasteiger partial charge is 0.394 e. The third-order valence-corrected chi connectivity index (χ3v) is 16.3. The van der Waals surface area contributed by atoms with E-state index in [0.717, 1.165) is 44.9 Å². The molecule has 2 fully saturated rings. The van der Waals surface area contributed by atoms with Gasteiger partial charge in [0.25, 0.3) is 0 Å². The number of ether oxygens (including phenoxy) is 4. The van der Waals surface area contributed by atoms with Crippen molar-refractivity contribution in [2.75, 3.05) is 19.8 Å². The highest BCUT2D eigenvalue weighted by Gasteiger charge is 2.51. The van der Waals surface area contributed by atoms with Crippen molar-refractivity contribution in [3.05, 3.63) is 36.5 Å². The van der Waals surface area contributed by atoms with E-state index in [2.05, 4.69) is 43.5 Å². The van der Waals surface area contributed by atoms with Crippen molar-refractivity contribution < 1.29 is 64.6 Å². The molecule has 0 aromatic heterocycles. The lowest BCUT2D eigenvalue weighted by Gasteiger charge is -2.46. The van der Waals surface area contributed by atoms with E-state index in [0.29, 0.717) is 12.8 Å². The highest BCUT2D eigenvalue weighted by Crippen LogP contribution is 2.30. The Hall–Kier alpha value is -1.79. The monoisotopic (exact) mass is 1140 g/mol. The molecule has 0 radical (unpaired) electrons. The van der Waals surface area contributed by atoms with E-state index in [1.165, 1.54) is 205 Å². The summed E-state index contributed by atoms with van der Waals surface area (Å²) in [6.45, 7) is 2.79. The van der Waals surface area contributed by atoms with E-state index < -0.39 is 86.8 Å². The van der Waals surface area contributed by atoms with Gasteiger partial charge in [-0.05, 0) is 44.9 Å². The maximum absolute atomic E-state index is 13.3. The molecule has 2 heterocycles. The molecule has 0 aromatic rings. The number of hydrogen-bond donors (Lipinski definition) is 9. The highest BCUT2D eigenvalue weighted by molar-refractivity contribution is 5.76. The minimum absolute atomic E-state index is 0.249. The molecular weight excluding hydrogens is 1010 g/mol. The molecule has 12 unspecified atom stereocenters. The SMILES string of the molecule is CCCCCCCC/C=C/CC/C=C/CC/C=C/C(O)C(COC1OC(CO)C(OC2OC(CO)C(O)C(O)C2O)C(O)C1O)NC(=O)CCCCCCCCCCCCCCCCCCCCCCCCCCCCCCCC. The van der Waals surface area contributed by atoms with Crippen LogP contribution in [-0.2, 0) is 23.7 Å². The fraction of sp³-hybridized carbons (Fsp3) is 0.894. The second kappa shape index (κ2) is 51.6. The van der Waals surface area contributed by atoms with Gasteiger partial charge >= 0.3 is 0 Å². The van der Waals surface area contributed by atoms with E-state index in [1.807, 2.05) is 6.08 Å². The Morgan fingerprint density at radius 1 is 0.438 bits per heavy atom. The number of carbonyl (C=O) groups is 1. The predicted molar refractivity (Wildman–Crippen MR) is 323 cm³/mol. The van der Waals surface area contributed by atoms with Crippen molar-refractivity contribution >= 4 is 5.91 Å². The van der Waals surface area contributed by atoms with Crippen molar-refractivity contribution in [2.45, 2.75) is 357 Å². The van der Waals surface area contributed by atoms with Gasteiger partial charge in [0.15, 0.2) is 12.6 Å². The Morgan fingerprint density at radius 3 is 1.23 bits per heavy atom. The minimum atomic E-state index is -1.79. The van der Waals surface area contributed by atoms with E-state index in [4.69, 9.17) is 18.9 Å². The topological polar surface area (TPSA) is 228 Å². The lowest BCUT2D eigenvalue weighted by atomic mass is 9.97. The van der Waals surface area contributed by atoms with E-state index in [9.17, 15) is 45.6 Å². The second-order valence-corrected chi connectivity index (χ2v) is 23.6. The summed E-state index contributed by atoms with van der Waals surface area (Å²) >= 11 is 0. The zero-order valence-corrected chi connectivity index (χ0v) is 50.8. The van der Waals surface area contributed by atoms with Crippen LogP contribution in [0.4, 0.5) is 0 Å². The summed E-state index contributed by atoms with van der Waals surface area (Å²) in [6.07, 6.45) is 47.8. The van der Waals surface area contributed by atoms with Crippen LogP contribution in [0.1, 0.15) is 284 Å². The molecule has 2 aliphatic rings. The molecule has 1 amide bonds. The fourth-order valence-electron chi connectivity index (χ4n) is 11.0. The molecule has 0 saturated carbocycles. The first-order valence-electron chi connectivity index (χ1n) is 33.2. The maximum Gasteiger partial charge on any atom is 0.220 e. The van der Waals surface area contributed by atoms with Gasteiger partial charge in [-0.15, -0.1) is 0 Å². The van der Waals surface area contributed by atoms with Gasteiger partial charge in [0.1, 0.15) is 48.8 Å². The van der Waals surface area contributed by atoms with Gasteiger partial charge in [-0.25, -0.2) is 0 Å². The summed E-state index contributed by atoms with van der Waals surface area (Å²) in [5.74, 6) is -0.249. The molecule has 14 heteroatoms. The number of rotatable bonds is 54. The first-order valence-corrected chi connectivity index (χ1v) is 33.2. The Morgan fingerprint density at radius 2 is 0.800 bits per heavy atom. The Balaban J connectivity index is 1.67. The Kier molecular flexibility index (Phi) is 47.9. The van der Waals surface area contributed by atoms with Gasteiger partial charge < -0.3 is 65.1 Å². The Bertz CT molecular complexity index is 1480. The number of aliphatic hydroxyl groups is 8. The predicted octanol–water partition coefficient (Wildman–Crippen LogP) is 12.6. The molecule has 2 rings (SSSR count). The molecule has 2 aliphatic heterocycles. The van der Waals surface area contributed by atoms with Crippen LogP contribution in [0.2, 0.25) is 0 Å². The van der Waals surface area contributed by atoms with Gasteiger partial charge in [-0.3, -0.25) is 4.79 Å². The number of hydrogen-bond acceptors (Lipinski definition) is 13. The summed E-state index contributed by atoms with van der Waals surface area (Å²) in [7, 11) is 0. The van der Waals surface area contributed by atoms with Gasteiger partial charge in [0.2, 0.25) is 5.91 Å². The van der Waals surface area contributed by atoms with Crippen LogP contribution in [0.15, 0.2) is 36.5 Å². The van der Waals surface area contributed by atoms with Crippen LogP contribution in [0, 0.1) is 0 Å². The van der Waals surface area contributed by atoms with Crippen molar-refractivity contribution in [1.82, 2.24) is 5.32 Å². The average molecular weight is 1140 g/mol. The van der Waals surface area contributed by atoms with Crippen molar-refractivity contribution in [3.8, 4) is 0 Å². The van der Waals surface area contributed by atoms with Crippen molar-refractivity contribution in [2.24, 2.45) is 0 Å². The van der Waals surface area contributed by atoms with E-state index in [-0.39, 0.29) is 18.9 Å². The number of amides is 1.